The maximum Gasteiger partial charge on any atom is 0.271 e. The highest BCUT2D eigenvalue weighted by Gasteiger charge is 2.60. The van der Waals surface area contributed by atoms with Crippen molar-refractivity contribution < 1.29 is 19.3 Å². The smallest absolute Gasteiger partial charge is 0.271 e. The lowest BCUT2D eigenvalue weighted by Crippen LogP contribution is -2.37. The minimum absolute atomic E-state index is 0.130. The number of imide groups is 1. The van der Waals surface area contributed by atoms with E-state index >= 15 is 0 Å². The number of anilines is 2. The predicted molar refractivity (Wildman–Crippen MR) is 122 cm³/mol. The highest BCUT2D eigenvalue weighted by atomic mass is 35.5. The number of carbonyl (C=O) groups excluding carboxylic acids is 2. The molecule has 2 saturated heterocycles. The van der Waals surface area contributed by atoms with Gasteiger partial charge in [-0.1, -0.05) is 59.6 Å². The van der Waals surface area contributed by atoms with Gasteiger partial charge in [-0.05, 0) is 29.8 Å². The van der Waals surface area contributed by atoms with Gasteiger partial charge in [-0.2, -0.15) is 0 Å². The first-order chi connectivity index (χ1) is 15.9. The monoisotopic (exact) mass is 483 g/mol. The van der Waals surface area contributed by atoms with E-state index in [1.807, 2.05) is 30.3 Å². The van der Waals surface area contributed by atoms with Crippen LogP contribution in [-0.2, 0) is 14.4 Å². The Morgan fingerprint density at radius 3 is 2.30 bits per heavy atom. The van der Waals surface area contributed by atoms with E-state index in [-0.39, 0.29) is 10.7 Å². The summed E-state index contributed by atoms with van der Waals surface area (Å²) in [5.41, 5.74) is 1.27. The quantitative estimate of drug-likeness (QED) is 0.296. The van der Waals surface area contributed by atoms with Crippen molar-refractivity contribution in [2.45, 2.75) is 12.1 Å². The van der Waals surface area contributed by atoms with Crippen LogP contribution < -0.4 is 9.96 Å². The maximum atomic E-state index is 13.5. The Bertz CT molecular complexity index is 1290. The van der Waals surface area contributed by atoms with Crippen LogP contribution in [0.15, 0.2) is 72.8 Å². The number of hydrogen-bond acceptors (Lipinski definition) is 6. The third-order valence-electron chi connectivity index (χ3n) is 5.71. The molecule has 2 heterocycles. The molecule has 33 heavy (non-hydrogen) atoms. The van der Waals surface area contributed by atoms with Gasteiger partial charge in [0.2, 0.25) is 5.91 Å². The second-order valence-corrected chi connectivity index (χ2v) is 8.43. The zero-order valence-corrected chi connectivity index (χ0v) is 18.3. The Balaban J connectivity index is 1.58. The molecular formula is C23H15Cl2N3O5. The second-order valence-electron chi connectivity index (χ2n) is 7.62. The number of amides is 2. The number of non-ortho nitro benzene ring substituents is 1. The molecule has 3 aromatic carbocycles. The molecule has 2 aliphatic rings. The van der Waals surface area contributed by atoms with Crippen LogP contribution in [0.5, 0.6) is 0 Å². The number of hydrogen-bond donors (Lipinski definition) is 0. The van der Waals surface area contributed by atoms with Crippen molar-refractivity contribution >= 4 is 52.1 Å². The first-order valence-electron chi connectivity index (χ1n) is 9.95. The molecular weight excluding hydrogens is 469 g/mol. The third-order valence-corrected chi connectivity index (χ3v) is 6.45. The fraction of sp³-hybridized carbons (Fsp3) is 0.130. The fourth-order valence-corrected chi connectivity index (χ4v) is 4.54. The summed E-state index contributed by atoms with van der Waals surface area (Å²) >= 11 is 12.1. The summed E-state index contributed by atoms with van der Waals surface area (Å²) in [6.45, 7) is 0. The van der Waals surface area contributed by atoms with Gasteiger partial charge in [0, 0.05) is 12.1 Å². The van der Waals surface area contributed by atoms with Crippen LogP contribution in [0, 0.1) is 16.0 Å². The summed E-state index contributed by atoms with van der Waals surface area (Å²) < 4.78 is 0. The van der Waals surface area contributed by atoms with Gasteiger partial charge in [-0.25, -0.2) is 9.96 Å². The number of nitro groups is 1. The van der Waals surface area contributed by atoms with Crippen molar-refractivity contribution in [1.82, 2.24) is 0 Å². The van der Waals surface area contributed by atoms with Crippen LogP contribution >= 0.6 is 23.2 Å². The van der Waals surface area contributed by atoms with Crippen molar-refractivity contribution in [3.63, 3.8) is 0 Å². The lowest BCUT2D eigenvalue weighted by atomic mass is 9.90. The summed E-state index contributed by atoms with van der Waals surface area (Å²) in [7, 11) is 0. The normalized spacial score (nSPS) is 22.1. The number of fused-ring (bicyclic) bond motifs is 1. The molecule has 166 valence electrons. The molecule has 2 amide bonds. The highest BCUT2D eigenvalue weighted by Crippen LogP contribution is 2.48. The number of carbonyl (C=O) groups is 2. The Hall–Kier alpha value is -3.46. The van der Waals surface area contributed by atoms with Crippen molar-refractivity contribution in [1.29, 1.82) is 0 Å². The largest absolute Gasteiger partial charge is 0.273 e. The Morgan fingerprint density at radius 2 is 1.61 bits per heavy atom. The number of nitro benzene ring substituents is 1. The van der Waals surface area contributed by atoms with Crippen molar-refractivity contribution in [2.75, 3.05) is 9.96 Å². The molecule has 0 radical (unpaired) electrons. The van der Waals surface area contributed by atoms with Crippen LogP contribution in [0.1, 0.15) is 11.6 Å². The van der Waals surface area contributed by atoms with E-state index in [4.69, 9.17) is 28.0 Å². The number of benzene rings is 3. The number of nitrogens with zero attached hydrogens (tertiary/aromatic N) is 3. The lowest BCUT2D eigenvalue weighted by Gasteiger charge is -2.28. The molecule has 0 bridgehead atoms. The third kappa shape index (κ3) is 3.52. The van der Waals surface area contributed by atoms with Crippen LogP contribution in [0.25, 0.3) is 0 Å². The number of rotatable bonds is 4. The van der Waals surface area contributed by atoms with Crippen LogP contribution in [0.4, 0.5) is 17.1 Å². The minimum Gasteiger partial charge on any atom is -0.273 e. The van der Waals surface area contributed by atoms with E-state index in [1.165, 1.54) is 35.4 Å². The lowest BCUT2D eigenvalue weighted by molar-refractivity contribution is -0.384. The molecule has 8 nitrogen and oxygen atoms in total. The van der Waals surface area contributed by atoms with Gasteiger partial charge in [-0.3, -0.25) is 24.5 Å². The van der Waals surface area contributed by atoms with Gasteiger partial charge in [0.25, 0.3) is 11.6 Å². The summed E-state index contributed by atoms with van der Waals surface area (Å²) in [6.07, 6.45) is -1.10. The second kappa shape index (κ2) is 8.15. The predicted octanol–water partition coefficient (Wildman–Crippen LogP) is 4.95. The highest BCUT2D eigenvalue weighted by molar-refractivity contribution is 6.42. The molecule has 2 aliphatic heterocycles. The van der Waals surface area contributed by atoms with Gasteiger partial charge in [-0.15, -0.1) is 0 Å². The van der Waals surface area contributed by atoms with E-state index in [1.54, 1.807) is 12.1 Å². The fourth-order valence-electron chi connectivity index (χ4n) is 4.25. The summed E-state index contributed by atoms with van der Waals surface area (Å²) in [4.78, 5) is 44.7. The zero-order chi connectivity index (χ0) is 23.3. The van der Waals surface area contributed by atoms with Crippen LogP contribution in [0.3, 0.4) is 0 Å². The molecule has 0 aromatic heterocycles. The molecule has 2 fully saturated rings. The summed E-state index contributed by atoms with van der Waals surface area (Å²) in [5.74, 6) is -1.86. The Labute approximate surface area is 198 Å². The van der Waals surface area contributed by atoms with Crippen molar-refractivity contribution in [3.05, 3.63) is 98.5 Å². The van der Waals surface area contributed by atoms with Gasteiger partial charge < -0.3 is 0 Å². The van der Waals surface area contributed by atoms with Crippen LogP contribution in [0.2, 0.25) is 10.0 Å². The van der Waals surface area contributed by atoms with Gasteiger partial charge in [0.15, 0.2) is 6.10 Å². The molecule has 0 N–H and O–H groups in total. The minimum atomic E-state index is -1.10. The average molecular weight is 484 g/mol. The molecule has 0 unspecified atom stereocenters. The summed E-state index contributed by atoms with van der Waals surface area (Å²) in [6, 6.07) is 18.8. The number of hydroxylamine groups is 1. The number of halogens is 2. The van der Waals surface area contributed by atoms with Crippen molar-refractivity contribution in [3.8, 4) is 0 Å². The van der Waals surface area contributed by atoms with Crippen LogP contribution in [-0.4, -0.2) is 22.8 Å². The molecule has 0 aliphatic carbocycles. The summed E-state index contributed by atoms with van der Waals surface area (Å²) in [5, 5.41) is 13.2. The maximum absolute atomic E-state index is 13.5. The van der Waals surface area contributed by atoms with E-state index in [0.29, 0.717) is 16.4 Å². The van der Waals surface area contributed by atoms with Gasteiger partial charge >= 0.3 is 0 Å². The molecule has 3 atom stereocenters. The van der Waals surface area contributed by atoms with E-state index in [9.17, 15) is 19.7 Å². The zero-order valence-electron chi connectivity index (χ0n) is 16.8. The molecule has 0 spiro atoms. The first-order valence-corrected chi connectivity index (χ1v) is 10.7. The molecule has 10 heteroatoms. The molecule has 5 rings (SSSR count). The van der Waals surface area contributed by atoms with Gasteiger partial charge in [0.1, 0.15) is 5.92 Å². The van der Waals surface area contributed by atoms with Gasteiger partial charge in [0.05, 0.1) is 32.4 Å². The van der Waals surface area contributed by atoms with E-state index < -0.39 is 34.8 Å². The Kier molecular flexibility index (Phi) is 5.28. The molecule has 3 aromatic rings. The topological polar surface area (TPSA) is 93.0 Å². The Morgan fingerprint density at radius 1 is 0.848 bits per heavy atom. The average Bonchev–Trinajstić information content (AvgIpc) is 3.32. The van der Waals surface area contributed by atoms with E-state index in [2.05, 4.69) is 0 Å². The standard InChI is InChI=1S/C23H15Cl2N3O5/c24-17-10-9-14(12-18(17)25)26-22(29)19-20(13-5-2-1-3-6-13)27(33-21(19)23(26)30)15-7-4-8-16(11-15)28(31)32/h1-12,19-21H/t19-,20-,21-/m1/s1. The molecule has 0 saturated carbocycles. The van der Waals surface area contributed by atoms with E-state index in [0.717, 1.165) is 10.5 Å². The first kappa shape index (κ1) is 21.4. The SMILES string of the molecule is O=C1[C@@H]2[C@@H](c3ccccc3)N(c3cccc([N+](=O)[O-])c3)O[C@H]2C(=O)N1c1ccc(Cl)c(Cl)c1. The van der Waals surface area contributed by atoms with Crippen molar-refractivity contribution in [2.24, 2.45) is 5.92 Å².